The lowest BCUT2D eigenvalue weighted by atomic mass is 9.76. The van der Waals surface area contributed by atoms with Gasteiger partial charge < -0.3 is 9.64 Å². The Morgan fingerprint density at radius 2 is 1.58 bits per heavy atom. The van der Waals surface area contributed by atoms with Crippen molar-refractivity contribution in [2.45, 2.75) is 32.6 Å². The topological polar surface area (TPSA) is 84.0 Å². The molecule has 2 saturated heterocycles. The average molecular weight is 447 g/mol. The van der Waals surface area contributed by atoms with Gasteiger partial charge in [-0.3, -0.25) is 24.1 Å². The molecule has 2 aromatic carbocycles. The lowest BCUT2D eigenvalue weighted by Gasteiger charge is -2.25. The number of hydrogen-bond acceptors (Lipinski definition) is 5. The van der Waals surface area contributed by atoms with Crippen LogP contribution >= 0.6 is 0 Å². The molecule has 3 aliphatic rings. The van der Waals surface area contributed by atoms with Crippen LogP contribution in [0, 0.1) is 23.7 Å². The molecule has 0 unspecified atom stereocenters. The number of fused-ring (bicyclic) bond motifs is 1. The van der Waals surface area contributed by atoms with Gasteiger partial charge in [0.25, 0.3) is 0 Å². The van der Waals surface area contributed by atoms with E-state index in [1.807, 2.05) is 30.3 Å². The minimum atomic E-state index is -0.552. The Hall–Kier alpha value is -3.48. The lowest BCUT2D eigenvalue weighted by molar-refractivity contribution is -0.139. The summed E-state index contributed by atoms with van der Waals surface area (Å²) in [5.41, 5.74) is 1.26. The summed E-state index contributed by atoms with van der Waals surface area (Å²) in [7, 11) is 0. The van der Waals surface area contributed by atoms with E-state index in [9.17, 15) is 19.2 Å². The Balaban J connectivity index is 1.24. The zero-order valence-corrected chi connectivity index (χ0v) is 18.5. The van der Waals surface area contributed by atoms with Crippen LogP contribution in [0.2, 0.25) is 0 Å². The summed E-state index contributed by atoms with van der Waals surface area (Å²) in [6.45, 7) is 2.40. The number of anilines is 2. The molecular formula is C26H26N2O5. The Morgan fingerprint density at radius 3 is 2.30 bits per heavy atom. The average Bonchev–Trinajstić information content (AvgIpc) is 3.32. The molecule has 33 heavy (non-hydrogen) atoms. The highest BCUT2D eigenvalue weighted by Crippen LogP contribution is 2.42. The first-order valence-electron chi connectivity index (χ1n) is 11.5. The molecule has 7 heteroatoms. The van der Waals surface area contributed by atoms with Crippen molar-refractivity contribution in [3.8, 4) is 5.75 Å². The SMILES string of the molecule is C[C@@H]1CC[C@H]2C(=O)N(c3ccc(OC(=O)[C@@H]4CC(=O)N(c5ccccc5)C4)cc3)C(=O)[C@@H]2C1. The molecule has 0 radical (unpaired) electrons. The molecule has 170 valence electrons. The van der Waals surface area contributed by atoms with E-state index < -0.39 is 11.9 Å². The molecule has 0 N–H and O–H groups in total. The standard InChI is InChI=1S/C26H26N2O5/c1-16-7-12-21-22(13-16)25(31)28(24(21)30)19-8-10-20(11-9-19)33-26(32)17-14-23(29)27(15-17)18-5-3-2-4-6-18/h2-6,8-11,16-17,21-22H,7,12-15H2,1H3/t16-,17-,21-,22-/m1/s1. The van der Waals surface area contributed by atoms with E-state index in [4.69, 9.17) is 4.74 Å². The molecule has 3 fully saturated rings. The van der Waals surface area contributed by atoms with Crippen LogP contribution in [0.1, 0.15) is 32.6 Å². The van der Waals surface area contributed by atoms with E-state index in [0.717, 1.165) is 24.9 Å². The highest BCUT2D eigenvalue weighted by molar-refractivity contribution is 6.22. The van der Waals surface area contributed by atoms with Crippen molar-refractivity contribution in [1.82, 2.24) is 0 Å². The van der Waals surface area contributed by atoms with E-state index in [-0.39, 0.29) is 42.5 Å². The maximum absolute atomic E-state index is 12.9. The van der Waals surface area contributed by atoms with Crippen molar-refractivity contribution in [2.24, 2.45) is 23.7 Å². The summed E-state index contributed by atoms with van der Waals surface area (Å²) in [5.74, 6) is -1.08. The third kappa shape index (κ3) is 3.92. The minimum absolute atomic E-state index is 0.101. The number of carbonyl (C=O) groups excluding carboxylic acids is 4. The van der Waals surface area contributed by atoms with Crippen LogP contribution in [-0.4, -0.2) is 30.2 Å². The lowest BCUT2D eigenvalue weighted by Crippen LogP contribution is -2.30. The van der Waals surface area contributed by atoms with E-state index >= 15 is 0 Å². The van der Waals surface area contributed by atoms with Crippen LogP contribution in [0.15, 0.2) is 54.6 Å². The van der Waals surface area contributed by atoms with Crippen molar-refractivity contribution in [3.63, 3.8) is 0 Å². The second-order valence-electron chi connectivity index (χ2n) is 9.30. The van der Waals surface area contributed by atoms with Gasteiger partial charge in [0.15, 0.2) is 0 Å². The van der Waals surface area contributed by atoms with E-state index in [2.05, 4.69) is 6.92 Å². The van der Waals surface area contributed by atoms with Gasteiger partial charge in [0.1, 0.15) is 5.75 Å². The molecule has 1 saturated carbocycles. The van der Waals surface area contributed by atoms with Gasteiger partial charge in [-0.05, 0) is 61.6 Å². The molecule has 2 aromatic rings. The largest absolute Gasteiger partial charge is 0.426 e. The zero-order valence-electron chi connectivity index (χ0n) is 18.5. The second-order valence-corrected chi connectivity index (χ2v) is 9.30. The number of benzene rings is 2. The summed E-state index contributed by atoms with van der Waals surface area (Å²) in [5, 5.41) is 0. The van der Waals surface area contributed by atoms with Gasteiger partial charge in [-0.15, -0.1) is 0 Å². The highest BCUT2D eigenvalue weighted by Gasteiger charge is 2.50. The van der Waals surface area contributed by atoms with Gasteiger partial charge in [-0.25, -0.2) is 0 Å². The predicted molar refractivity (Wildman–Crippen MR) is 121 cm³/mol. The van der Waals surface area contributed by atoms with E-state index in [1.54, 1.807) is 29.2 Å². The van der Waals surface area contributed by atoms with Gasteiger partial charge in [-0.2, -0.15) is 0 Å². The molecule has 7 nitrogen and oxygen atoms in total. The van der Waals surface area contributed by atoms with Gasteiger partial charge in [0.2, 0.25) is 17.7 Å². The highest BCUT2D eigenvalue weighted by atomic mass is 16.5. The molecule has 1 aliphatic carbocycles. The van der Waals surface area contributed by atoms with E-state index in [1.165, 1.54) is 4.90 Å². The number of hydrogen-bond donors (Lipinski definition) is 0. The first-order chi connectivity index (χ1) is 15.9. The number of ether oxygens (including phenoxy) is 1. The zero-order chi connectivity index (χ0) is 23.1. The first-order valence-corrected chi connectivity index (χ1v) is 11.5. The number of nitrogens with zero attached hydrogens (tertiary/aromatic N) is 2. The fourth-order valence-corrected chi connectivity index (χ4v) is 5.23. The van der Waals surface area contributed by atoms with Gasteiger partial charge in [0.05, 0.1) is 23.4 Å². The summed E-state index contributed by atoms with van der Waals surface area (Å²) < 4.78 is 5.50. The number of amides is 3. The number of imide groups is 1. The van der Waals surface area contributed by atoms with Crippen LogP contribution in [-0.2, 0) is 19.2 Å². The number of rotatable bonds is 4. The molecule has 0 spiro atoms. The maximum Gasteiger partial charge on any atom is 0.316 e. The van der Waals surface area contributed by atoms with Crippen LogP contribution in [0.4, 0.5) is 11.4 Å². The second kappa shape index (κ2) is 8.46. The quantitative estimate of drug-likeness (QED) is 0.407. The Morgan fingerprint density at radius 1 is 0.879 bits per heavy atom. The summed E-state index contributed by atoms with van der Waals surface area (Å²) in [6, 6.07) is 15.7. The van der Waals surface area contributed by atoms with Crippen LogP contribution in [0.5, 0.6) is 5.75 Å². The monoisotopic (exact) mass is 446 g/mol. The van der Waals surface area contributed by atoms with E-state index in [0.29, 0.717) is 17.4 Å². The first kappa shape index (κ1) is 21.4. The van der Waals surface area contributed by atoms with Crippen LogP contribution in [0.3, 0.4) is 0 Å². The van der Waals surface area contributed by atoms with Crippen molar-refractivity contribution < 1.29 is 23.9 Å². The normalized spacial score (nSPS) is 27.1. The van der Waals surface area contributed by atoms with Crippen molar-refractivity contribution in [3.05, 3.63) is 54.6 Å². The molecule has 2 aliphatic heterocycles. The van der Waals surface area contributed by atoms with Gasteiger partial charge in [0, 0.05) is 18.7 Å². The van der Waals surface area contributed by atoms with Crippen molar-refractivity contribution in [2.75, 3.05) is 16.3 Å². The molecule has 0 bridgehead atoms. The Labute approximate surface area is 192 Å². The van der Waals surface area contributed by atoms with Crippen LogP contribution in [0.25, 0.3) is 0 Å². The number of esters is 1. The summed E-state index contributed by atoms with van der Waals surface area (Å²) in [6.07, 6.45) is 2.57. The third-order valence-electron chi connectivity index (χ3n) is 7.03. The third-order valence-corrected chi connectivity index (χ3v) is 7.03. The van der Waals surface area contributed by atoms with Gasteiger partial charge in [-0.1, -0.05) is 25.1 Å². The fraction of sp³-hybridized carbons (Fsp3) is 0.385. The van der Waals surface area contributed by atoms with Crippen LogP contribution < -0.4 is 14.5 Å². The molecular weight excluding hydrogens is 420 g/mol. The molecule has 3 amide bonds. The van der Waals surface area contributed by atoms with Crippen molar-refractivity contribution in [1.29, 1.82) is 0 Å². The maximum atomic E-state index is 12.9. The van der Waals surface area contributed by atoms with Gasteiger partial charge >= 0.3 is 5.97 Å². The molecule has 0 aromatic heterocycles. The number of carbonyl (C=O) groups is 4. The number of para-hydroxylation sites is 1. The minimum Gasteiger partial charge on any atom is -0.426 e. The smallest absolute Gasteiger partial charge is 0.316 e. The van der Waals surface area contributed by atoms with Crippen molar-refractivity contribution >= 4 is 35.1 Å². The Kier molecular flexibility index (Phi) is 5.48. The molecule has 2 heterocycles. The molecule has 4 atom stereocenters. The molecule has 5 rings (SSSR count). The predicted octanol–water partition coefficient (Wildman–Crippen LogP) is 3.57. The summed E-state index contributed by atoms with van der Waals surface area (Å²) >= 11 is 0. The Bertz CT molecular complexity index is 1100. The summed E-state index contributed by atoms with van der Waals surface area (Å²) in [4.78, 5) is 53.7. The fourth-order valence-electron chi connectivity index (χ4n) is 5.23.